The van der Waals surface area contributed by atoms with E-state index in [2.05, 4.69) is 34.6 Å². The van der Waals surface area contributed by atoms with E-state index >= 15 is 0 Å². The summed E-state index contributed by atoms with van der Waals surface area (Å²) in [7, 11) is 0. The zero-order valence-corrected chi connectivity index (χ0v) is 10.8. The van der Waals surface area contributed by atoms with Gasteiger partial charge in [-0.3, -0.25) is 4.98 Å². The molecule has 18 heavy (non-hydrogen) atoms. The largest absolute Gasteiger partial charge is 0.350 e. The zero-order valence-electron chi connectivity index (χ0n) is 10.0. The Morgan fingerprint density at radius 1 is 1.11 bits per heavy atom. The quantitative estimate of drug-likeness (QED) is 0.783. The molecular weight excluding hydrogens is 240 g/mol. The number of fused-ring (bicyclic) bond motifs is 1. The van der Waals surface area contributed by atoms with Gasteiger partial charge in [-0.15, -0.1) is 0 Å². The van der Waals surface area contributed by atoms with Crippen molar-refractivity contribution in [2.75, 3.05) is 5.32 Å². The third-order valence-corrected chi connectivity index (χ3v) is 3.53. The van der Waals surface area contributed by atoms with Gasteiger partial charge in [0, 0.05) is 18.1 Å². The predicted octanol–water partition coefficient (Wildman–Crippen LogP) is 3.82. The van der Waals surface area contributed by atoms with Gasteiger partial charge in [0.15, 0.2) is 0 Å². The van der Waals surface area contributed by atoms with Crippen LogP contribution in [0.4, 0.5) is 5.69 Å². The van der Waals surface area contributed by atoms with Crippen LogP contribution in [-0.2, 0) is 6.42 Å². The van der Waals surface area contributed by atoms with E-state index in [1.807, 2.05) is 12.3 Å². The average molecular weight is 254 g/mol. The molecule has 2 heterocycles. The molecule has 0 spiro atoms. The van der Waals surface area contributed by atoms with Crippen molar-refractivity contribution >= 4 is 22.9 Å². The number of thiocarbonyl (C=S) groups is 1. The lowest BCUT2D eigenvalue weighted by Gasteiger charge is -2.10. The van der Waals surface area contributed by atoms with Crippen LogP contribution in [0, 0.1) is 0 Å². The van der Waals surface area contributed by atoms with Gasteiger partial charge in [0.1, 0.15) is 0 Å². The van der Waals surface area contributed by atoms with E-state index in [1.54, 1.807) is 6.20 Å². The van der Waals surface area contributed by atoms with Crippen molar-refractivity contribution in [3.05, 3.63) is 48.3 Å². The monoisotopic (exact) mass is 254 g/mol. The Morgan fingerprint density at radius 3 is 2.89 bits per heavy atom. The number of nitrogens with zero attached hydrogens (tertiary/aromatic N) is 1. The van der Waals surface area contributed by atoms with Gasteiger partial charge in [0.2, 0.25) is 0 Å². The van der Waals surface area contributed by atoms with Crippen LogP contribution in [0.2, 0.25) is 0 Å². The van der Waals surface area contributed by atoms with Gasteiger partial charge >= 0.3 is 0 Å². The summed E-state index contributed by atoms with van der Waals surface area (Å²) >= 11 is 5.27. The highest BCUT2D eigenvalue weighted by atomic mass is 32.1. The van der Waals surface area contributed by atoms with Gasteiger partial charge in [-0.1, -0.05) is 24.4 Å². The van der Waals surface area contributed by atoms with Gasteiger partial charge < -0.3 is 5.32 Å². The normalized spacial score (nSPS) is 14.6. The molecule has 1 N–H and O–H groups in total. The van der Waals surface area contributed by atoms with Crippen molar-refractivity contribution in [1.82, 2.24) is 4.98 Å². The molecular formula is C15H14N2S. The number of aryl methyl sites for hydroxylation is 1. The molecule has 0 radical (unpaired) electrons. The first kappa shape index (κ1) is 11.4. The third-order valence-electron chi connectivity index (χ3n) is 3.22. The first-order valence-electron chi connectivity index (χ1n) is 6.16. The van der Waals surface area contributed by atoms with Crippen molar-refractivity contribution < 1.29 is 0 Å². The molecule has 0 saturated heterocycles. The third kappa shape index (κ3) is 2.27. The Morgan fingerprint density at radius 2 is 2.06 bits per heavy atom. The summed E-state index contributed by atoms with van der Waals surface area (Å²) in [6.07, 6.45) is 6.88. The van der Waals surface area contributed by atoms with Crippen molar-refractivity contribution in [1.29, 1.82) is 0 Å². The van der Waals surface area contributed by atoms with Crippen LogP contribution in [0.5, 0.6) is 0 Å². The minimum absolute atomic E-state index is 0.947. The van der Waals surface area contributed by atoms with E-state index < -0.39 is 0 Å². The molecule has 0 aliphatic carbocycles. The van der Waals surface area contributed by atoms with Crippen LogP contribution in [0.15, 0.2) is 42.7 Å². The molecule has 90 valence electrons. The summed E-state index contributed by atoms with van der Waals surface area (Å²) in [4.78, 5) is 5.11. The summed E-state index contributed by atoms with van der Waals surface area (Å²) in [5, 5.41) is 3.32. The molecule has 3 rings (SSSR count). The lowest BCUT2D eigenvalue weighted by atomic mass is 10.0. The highest BCUT2D eigenvalue weighted by molar-refractivity contribution is 7.80. The maximum atomic E-state index is 5.27. The van der Waals surface area contributed by atoms with Crippen LogP contribution < -0.4 is 5.32 Å². The maximum absolute atomic E-state index is 5.27. The predicted molar refractivity (Wildman–Crippen MR) is 78.8 cm³/mol. The number of nitrogens with one attached hydrogen (secondary N) is 1. The van der Waals surface area contributed by atoms with Gasteiger partial charge in [-0.25, -0.2) is 0 Å². The number of hydrogen-bond donors (Lipinski definition) is 1. The fraction of sp³-hybridized carbons (Fsp3) is 0.200. The van der Waals surface area contributed by atoms with E-state index in [1.165, 1.54) is 11.1 Å². The van der Waals surface area contributed by atoms with Gasteiger partial charge in [0.05, 0.1) is 4.99 Å². The summed E-state index contributed by atoms with van der Waals surface area (Å²) in [5.41, 5.74) is 4.88. The zero-order chi connectivity index (χ0) is 12.4. The SMILES string of the molecule is S=C1CCCc2cc(-c3cccnc3)ccc2N1. The second-order valence-corrected chi connectivity index (χ2v) is 5.01. The molecule has 3 heteroatoms. The average Bonchev–Trinajstić information content (AvgIpc) is 2.59. The second-order valence-electron chi connectivity index (χ2n) is 4.52. The Labute approximate surface area is 112 Å². The number of benzene rings is 1. The van der Waals surface area contributed by atoms with Crippen LogP contribution >= 0.6 is 12.2 Å². The van der Waals surface area contributed by atoms with Gasteiger partial charge in [-0.05, 0) is 54.2 Å². The van der Waals surface area contributed by atoms with E-state index in [-0.39, 0.29) is 0 Å². The van der Waals surface area contributed by atoms with E-state index in [0.29, 0.717) is 0 Å². The standard InChI is InChI=1S/C15H14N2S/c18-15-5-1-3-12-9-11(6-7-14(12)17-15)13-4-2-8-16-10-13/h2,4,6-10H,1,3,5H2,(H,17,18). The van der Waals surface area contributed by atoms with E-state index in [0.717, 1.165) is 35.5 Å². The van der Waals surface area contributed by atoms with Crippen molar-refractivity contribution in [2.24, 2.45) is 0 Å². The molecule has 2 nitrogen and oxygen atoms in total. The topological polar surface area (TPSA) is 24.9 Å². The molecule has 1 aliphatic heterocycles. The van der Waals surface area contributed by atoms with Crippen LogP contribution in [0.25, 0.3) is 11.1 Å². The van der Waals surface area contributed by atoms with Crippen molar-refractivity contribution in [3.63, 3.8) is 0 Å². The van der Waals surface area contributed by atoms with E-state index in [4.69, 9.17) is 12.2 Å². The molecule has 0 amide bonds. The fourth-order valence-corrected chi connectivity index (χ4v) is 2.54. The molecule has 0 saturated carbocycles. The lowest BCUT2D eigenvalue weighted by molar-refractivity contribution is 0.884. The molecule has 0 atom stereocenters. The number of rotatable bonds is 1. The Bertz CT molecular complexity index is 578. The first-order chi connectivity index (χ1) is 8.83. The summed E-state index contributed by atoms with van der Waals surface area (Å²) in [6, 6.07) is 10.5. The highest BCUT2D eigenvalue weighted by Crippen LogP contribution is 2.28. The van der Waals surface area contributed by atoms with E-state index in [9.17, 15) is 0 Å². The minimum Gasteiger partial charge on any atom is -0.350 e. The summed E-state index contributed by atoms with van der Waals surface area (Å²) in [5.74, 6) is 0. The summed E-state index contributed by atoms with van der Waals surface area (Å²) in [6.45, 7) is 0. The first-order valence-corrected chi connectivity index (χ1v) is 6.57. The Balaban J connectivity index is 2.01. The van der Waals surface area contributed by atoms with Gasteiger partial charge in [0.25, 0.3) is 0 Å². The smallest absolute Gasteiger partial charge is 0.0797 e. The molecule has 1 aromatic carbocycles. The number of hydrogen-bond acceptors (Lipinski definition) is 2. The van der Waals surface area contributed by atoms with Crippen LogP contribution in [-0.4, -0.2) is 9.97 Å². The van der Waals surface area contributed by atoms with Gasteiger partial charge in [-0.2, -0.15) is 0 Å². The Hall–Kier alpha value is -1.74. The number of anilines is 1. The molecule has 0 unspecified atom stereocenters. The molecule has 1 aliphatic rings. The molecule has 1 aromatic heterocycles. The lowest BCUT2D eigenvalue weighted by Crippen LogP contribution is -2.06. The van der Waals surface area contributed by atoms with Crippen molar-refractivity contribution in [2.45, 2.75) is 19.3 Å². The molecule has 2 aromatic rings. The summed E-state index contributed by atoms with van der Waals surface area (Å²) < 4.78 is 0. The second kappa shape index (κ2) is 4.86. The van der Waals surface area contributed by atoms with Crippen molar-refractivity contribution in [3.8, 4) is 11.1 Å². The number of aromatic nitrogens is 1. The minimum atomic E-state index is 0.947. The molecule has 0 bridgehead atoms. The fourth-order valence-electron chi connectivity index (χ4n) is 2.29. The number of pyridine rings is 1. The maximum Gasteiger partial charge on any atom is 0.0797 e. The van der Waals surface area contributed by atoms with Crippen LogP contribution in [0.1, 0.15) is 18.4 Å². The Kier molecular flexibility index (Phi) is 3.07. The highest BCUT2D eigenvalue weighted by Gasteiger charge is 2.11. The molecule has 0 fully saturated rings. The van der Waals surface area contributed by atoms with Crippen LogP contribution in [0.3, 0.4) is 0 Å².